The van der Waals surface area contributed by atoms with Crippen molar-refractivity contribution in [1.29, 1.82) is 0 Å². The highest BCUT2D eigenvalue weighted by Crippen LogP contribution is 2.28. The zero-order chi connectivity index (χ0) is 18.9. The first-order chi connectivity index (χ1) is 12.5. The van der Waals surface area contributed by atoms with Crippen LogP contribution in [-0.4, -0.2) is 25.2 Å². The molecule has 0 aromatic heterocycles. The summed E-state index contributed by atoms with van der Waals surface area (Å²) in [7, 11) is 0. The maximum atomic E-state index is 12.5. The van der Waals surface area contributed by atoms with E-state index in [0.717, 1.165) is 11.3 Å². The quantitative estimate of drug-likeness (QED) is 0.731. The molecular weight excluding hydrogens is 330 g/mol. The Balaban J connectivity index is 2.04. The Hall–Kier alpha value is -2.69. The lowest BCUT2D eigenvalue weighted by atomic mass is 10.1. The van der Waals surface area contributed by atoms with E-state index in [1.54, 1.807) is 18.2 Å². The number of carbonyl (C=O) groups excluding carboxylic acids is 1. The van der Waals surface area contributed by atoms with Crippen LogP contribution in [0.2, 0.25) is 0 Å². The Morgan fingerprint density at radius 1 is 1.00 bits per heavy atom. The van der Waals surface area contributed by atoms with Gasteiger partial charge in [0.1, 0.15) is 5.75 Å². The maximum Gasteiger partial charge on any atom is 0.251 e. The number of nitrogens with one attached hydrogen (secondary N) is 1. The third-order valence-corrected chi connectivity index (χ3v) is 3.53. The molecule has 0 radical (unpaired) electrons. The minimum absolute atomic E-state index is 0.112. The Morgan fingerprint density at radius 3 is 2.42 bits per heavy atom. The van der Waals surface area contributed by atoms with Crippen LogP contribution in [0.4, 0.5) is 0 Å². The van der Waals surface area contributed by atoms with Gasteiger partial charge in [0.25, 0.3) is 5.91 Å². The predicted octanol–water partition coefficient (Wildman–Crippen LogP) is 4.20. The third-order valence-electron chi connectivity index (χ3n) is 3.53. The van der Waals surface area contributed by atoms with Crippen molar-refractivity contribution in [1.82, 2.24) is 5.32 Å². The highest BCUT2D eigenvalue weighted by molar-refractivity contribution is 5.94. The van der Waals surface area contributed by atoms with Gasteiger partial charge in [-0.15, -0.1) is 0 Å². The highest BCUT2D eigenvalue weighted by atomic mass is 16.5. The van der Waals surface area contributed by atoms with Crippen molar-refractivity contribution in [3.05, 3.63) is 53.6 Å². The fourth-order valence-electron chi connectivity index (χ4n) is 2.48. The Bertz CT molecular complexity index is 728. The second-order valence-corrected chi connectivity index (χ2v) is 6.02. The Labute approximate surface area is 155 Å². The second-order valence-electron chi connectivity index (χ2n) is 6.02. The molecule has 0 atom stereocenters. The summed E-state index contributed by atoms with van der Waals surface area (Å²) < 4.78 is 16.8. The summed E-state index contributed by atoms with van der Waals surface area (Å²) >= 11 is 0. The van der Waals surface area contributed by atoms with E-state index in [9.17, 15) is 4.79 Å². The molecule has 0 aliphatic rings. The molecule has 5 nitrogen and oxygen atoms in total. The van der Waals surface area contributed by atoms with Gasteiger partial charge in [0.05, 0.1) is 19.3 Å². The van der Waals surface area contributed by atoms with Crippen molar-refractivity contribution in [2.75, 3.05) is 13.2 Å². The van der Waals surface area contributed by atoms with Gasteiger partial charge in [0, 0.05) is 12.1 Å². The fraction of sp³-hybridized carbons (Fsp3) is 0.381. The standard InChI is InChI=1S/C21H27NO4/c1-5-24-19-11-10-17(13-20(19)25-6-2)21(23)22-14-16-8-7-9-18(12-16)26-15(3)4/h7-13,15H,5-6,14H2,1-4H3,(H,22,23). The summed E-state index contributed by atoms with van der Waals surface area (Å²) in [5.41, 5.74) is 1.51. The van der Waals surface area contributed by atoms with Crippen LogP contribution in [0.25, 0.3) is 0 Å². The van der Waals surface area contributed by atoms with Gasteiger partial charge >= 0.3 is 0 Å². The normalized spacial score (nSPS) is 10.5. The molecule has 26 heavy (non-hydrogen) atoms. The summed E-state index contributed by atoms with van der Waals surface area (Å²) in [6.07, 6.45) is 0.112. The van der Waals surface area contributed by atoms with Crippen molar-refractivity contribution >= 4 is 5.91 Å². The van der Waals surface area contributed by atoms with Crippen LogP contribution in [-0.2, 0) is 6.54 Å². The van der Waals surface area contributed by atoms with Crippen LogP contribution < -0.4 is 19.5 Å². The number of ether oxygens (including phenoxy) is 3. The molecule has 1 amide bonds. The first kappa shape index (κ1) is 19.6. The molecule has 1 N–H and O–H groups in total. The number of hydrogen-bond donors (Lipinski definition) is 1. The lowest BCUT2D eigenvalue weighted by Crippen LogP contribution is -2.23. The molecule has 0 saturated heterocycles. The molecule has 5 heteroatoms. The Morgan fingerprint density at radius 2 is 1.73 bits per heavy atom. The van der Waals surface area contributed by atoms with Crippen LogP contribution in [0.5, 0.6) is 17.2 Å². The van der Waals surface area contributed by atoms with Crippen molar-refractivity contribution in [2.45, 2.75) is 40.3 Å². The van der Waals surface area contributed by atoms with Gasteiger partial charge in [-0.3, -0.25) is 4.79 Å². The number of hydrogen-bond acceptors (Lipinski definition) is 4. The molecule has 0 saturated carbocycles. The maximum absolute atomic E-state index is 12.5. The van der Waals surface area contributed by atoms with Gasteiger partial charge in [-0.25, -0.2) is 0 Å². The van der Waals surface area contributed by atoms with E-state index in [-0.39, 0.29) is 12.0 Å². The SMILES string of the molecule is CCOc1ccc(C(=O)NCc2cccc(OC(C)C)c2)cc1OCC. The molecule has 0 bridgehead atoms. The highest BCUT2D eigenvalue weighted by Gasteiger charge is 2.11. The molecular formula is C21H27NO4. The van der Waals surface area contributed by atoms with Crippen LogP contribution >= 0.6 is 0 Å². The van der Waals surface area contributed by atoms with E-state index in [2.05, 4.69) is 5.32 Å². The van der Waals surface area contributed by atoms with Gasteiger partial charge in [0.2, 0.25) is 0 Å². The van der Waals surface area contributed by atoms with Crippen molar-refractivity contribution in [3.63, 3.8) is 0 Å². The lowest BCUT2D eigenvalue weighted by Gasteiger charge is -2.13. The van der Waals surface area contributed by atoms with Gasteiger partial charge in [-0.1, -0.05) is 12.1 Å². The molecule has 2 aromatic rings. The summed E-state index contributed by atoms with van der Waals surface area (Å²) in [4.78, 5) is 12.5. The average molecular weight is 357 g/mol. The first-order valence-electron chi connectivity index (χ1n) is 8.96. The fourth-order valence-corrected chi connectivity index (χ4v) is 2.48. The average Bonchev–Trinajstić information content (AvgIpc) is 2.61. The van der Waals surface area contributed by atoms with E-state index in [1.165, 1.54) is 0 Å². The van der Waals surface area contributed by atoms with Crippen molar-refractivity contribution in [2.24, 2.45) is 0 Å². The molecule has 0 unspecified atom stereocenters. The van der Waals surface area contributed by atoms with Gasteiger partial charge < -0.3 is 19.5 Å². The molecule has 140 valence electrons. The van der Waals surface area contributed by atoms with Crippen molar-refractivity contribution < 1.29 is 19.0 Å². The zero-order valence-electron chi connectivity index (χ0n) is 15.9. The summed E-state index contributed by atoms with van der Waals surface area (Å²) in [6, 6.07) is 12.9. The molecule has 0 aliphatic heterocycles. The first-order valence-corrected chi connectivity index (χ1v) is 8.96. The monoisotopic (exact) mass is 357 g/mol. The summed E-state index contributed by atoms with van der Waals surface area (Å²) in [5, 5.41) is 2.93. The van der Waals surface area contributed by atoms with Crippen LogP contribution in [0, 0.1) is 0 Å². The smallest absolute Gasteiger partial charge is 0.251 e. The van der Waals surface area contributed by atoms with Crippen LogP contribution in [0.1, 0.15) is 43.6 Å². The molecule has 0 spiro atoms. The predicted molar refractivity (Wildman–Crippen MR) is 102 cm³/mol. The minimum atomic E-state index is -0.163. The molecule has 2 rings (SSSR count). The summed E-state index contributed by atoms with van der Waals surface area (Å²) in [5.74, 6) is 1.86. The van der Waals surface area contributed by atoms with Gasteiger partial charge in [0.15, 0.2) is 11.5 Å². The second kappa shape index (κ2) is 9.70. The number of amides is 1. The zero-order valence-corrected chi connectivity index (χ0v) is 15.9. The molecule has 0 heterocycles. The van der Waals surface area contributed by atoms with E-state index in [1.807, 2.05) is 52.0 Å². The largest absolute Gasteiger partial charge is 0.491 e. The molecule has 0 aliphatic carbocycles. The third kappa shape index (κ3) is 5.69. The van der Waals surface area contributed by atoms with Gasteiger partial charge in [-0.2, -0.15) is 0 Å². The topological polar surface area (TPSA) is 56.8 Å². The number of rotatable bonds is 9. The van der Waals surface area contributed by atoms with E-state index < -0.39 is 0 Å². The van der Waals surface area contributed by atoms with E-state index >= 15 is 0 Å². The molecule has 2 aromatic carbocycles. The Kier molecular flexibility index (Phi) is 7.33. The van der Waals surface area contributed by atoms with Crippen LogP contribution in [0.15, 0.2) is 42.5 Å². The van der Waals surface area contributed by atoms with Crippen molar-refractivity contribution in [3.8, 4) is 17.2 Å². The number of carbonyl (C=O) groups is 1. The van der Waals surface area contributed by atoms with E-state index in [0.29, 0.717) is 36.8 Å². The minimum Gasteiger partial charge on any atom is -0.491 e. The summed E-state index contributed by atoms with van der Waals surface area (Å²) in [6.45, 7) is 9.24. The van der Waals surface area contributed by atoms with Crippen LogP contribution in [0.3, 0.4) is 0 Å². The van der Waals surface area contributed by atoms with E-state index in [4.69, 9.17) is 14.2 Å². The number of benzene rings is 2. The lowest BCUT2D eigenvalue weighted by molar-refractivity contribution is 0.0950. The van der Waals surface area contributed by atoms with Gasteiger partial charge in [-0.05, 0) is 63.6 Å². The molecule has 0 fully saturated rings.